The van der Waals surface area contributed by atoms with Crippen LogP contribution in [0.3, 0.4) is 0 Å². The van der Waals surface area contributed by atoms with Crippen molar-refractivity contribution in [3.8, 4) is 5.75 Å². The molecular weight excluding hydrogens is 423 g/mol. The maximum atomic E-state index is 13.2. The SMILES string of the molecule is CCCN(CC)CC(=NC(=O)CCCCCCCO)C(=O)c1ccc(OCCCCF)cc1. The molecule has 0 aliphatic carbocycles. The van der Waals surface area contributed by atoms with Crippen LogP contribution in [0.1, 0.15) is 82.0 Å². The van der Waals surface area contributed by atoms with Crippen molar-refractivity contribution in [2.75, 3.05) is 39.5 Å². The van der Waals surface area contributed by atoms with Crippen LogP contribution in [0.5, 0.6) is 5.75 Å². The fourth-order valence-corrected chi connectivity index (χ4v) is 3.42. The Morgan fingerprint density at radius 3 is 2.33 bits per heavy atom. The molecule has 0 saturated carbocycles. The smallest absolute Gasteiger partial charge is 0.246 e. The maximum absolute atomic E-state index is 13.2. The Labute approximate surface area is 198 Å². The normalized spacial score (nSPS) is 11.7. The Morgan fingerprint density at radius 2 is 1.70 bits per heavy atom. The second kappa shape index (κ2) is 18.3. The lowest BCUT2D eigenvalue weighted by Crippen LogP contribution is -2.34. The zero-order valence-electron chi connectivity index (χ0n) is 20.4. The molecule has 0 fully saturated rings. The van der Waals surface area contributed by atoms with Crippen molar-refractivity contribution in [2.45, 2.75) is 71.6 Å². The molecule has 0 aliphatic rings. The van der Waals surface area contributed by atoms with Crippen molar-refractivity contribution < 1.29 is 23.8 Å². The third kappa shape index (κ3) is 12.6. The van der Waals surface area contributed by atoms with Crippen molar-refractivity contribution in [3.63, 3.8) is 0 Å². The molecule has 0 aromatic heterocycles. The number of hydrogen-bond donors (Lipinski definition) is 1. The second-order valence-electron chi connectivity index (χ2n) is 8.16. The molecule has 0 atom stereocenters. The predicted molar refractivity (Wildman–Crippen MR) is 131 cm³/mol. The number of aliphatic hydroxyl groups excluding tert-OH is 1. The average Bonchev–Trinajstić information content (AvgIpc) is 2.83. The van der Waals surface area contributed by atoms with E-state index < -0.39 is 0 Å². The van der Waals surface area contributed by atoms with Crippen LogP contribution in [-0.2, 0) is 4.79 Å². The molecule has 1 N–H and O–H groups in total. The highest BCUT2D eigenvalue weighted by atomic mass is 19.1. The minimum Gasteiger partial charge on any atom is -0.494 e. The summed E-state index contributed by atoms with van der Waals surface area (Å²) in [6, 6.07) is 6.81. The minimum atomic E-state index is -0.353. The highest BCUT2D eigenvalue weighted by Gasteiger charge is 2.19. The summed E-state index contributed by atoms with van der Waals surface area (Å²) < 4.78 is 17.8. The number of ether oxygens (including phenoxy) is 1. The van der Waals surface area contributed by atoms with Gasteiger partial charge in [-0.05, 0) is 69.5 Å². The number of unbranched alkanes of at least 4 members (excludes halogenated alkanes) is 5. The molecule has 6 nitrogen and oxygen atoms in total. The van der Waals surface area contributed by atoms with E-state index in [0.717, 1.165) is 51.6 Å². The first-order valence-electron chi connectivity index (χ1n) is 12.3. The summed E-state index contributed by atoms with van der Waals surface area (Å²) in [5.74, 6) is 0.119. The Hall–Kier alpha value is -2.12. The number of carbonyl (C=O) groups is 2. The van der Waals surface area contributed by atoms with Crippen molar-refractivity contribution in [1.29, 1.82) is 0 Å². The molecule has 0 bridgehead atoms. The molecular formula is C26H41FN2O4. The van der Waals surface area contributed by atoms with Gasteiger partial charge in [0.15, 0.2) is 0 Å². The molecule has 0 unspecified atom stereocenters. The van der Waals surface area contributed by atoms with E-state index in [-0.39, 0.29) is 30.7 Å². The van der Waals surface area contributed by atoms with Crippen LogP contribution >= 0.6 is 0 Å². The third-order valence-electron chi connectivity index (χ3n) is 5.34. The van der Waals surface area contributed by atoms with Gasteiger partial charge in [-0.1, -0.05) is 33.1 Å². The van der Waals surface area contributed by atoms with Gasteiger partial charge in [0.25, 0.3) is 0 Å². The summed E-state index contributed by atoms with van der Waals surface area (Å²) in [6.45, 7) is 6.32. The molecule has 33 heavy (non-hydrogen) atoms. The van der Waals surface area contributed by atoms with Crippen molar-refractivity contribution in [1.82, 2.24) is 4.90 Å². The van der Waals surface area contributed by atoms with E-state index >= 15 is 0 Å². The van der Waals surface area contributed by atoms with Crippen LogP contribution in [0.2, 0.25) is 0 Å². The number of nitrogens with zero attached hydrogens (tertiary/aromatic N) is 2. The van der Waals surface area contributed by atoms with E-state index in [1.54, 1.807) is 24.3 Å². The van der Waals surface area contributed by atoms with E-state index in [2.05, 4.69) is 16.8 Å². The molecule has 7 heteroatoms. The van der Waals surface area contributed by atoms with Gasteiger partial charge in [0, 0.05) is 25.1 Å². The van der Waals surface area contributed by atoms with Crippen LogP contribution < -0.4 is 4.74 Å². The highest BCUT2D eigenvalue weighted by molar-refractivity contribution is 6.47. The number of ketones is 1. The Morgan fingerprint density at radius 1 is 1.00 bits per heavy atom. The summed E-state index contributed by atoms with van der Waals surface area (Å²) >= 11 is 0. The monoisotopic (exact) mass is 464 g/mol. The molecule has 1 aromatic rings. The number of aliphatic hydroxyl groups is 1. The van der Waals surface area contributed by atoms with Crippen molar-refractivity contribution in [2.24, 2.45) is 4.99 Å². The largest absolute Gasteiger partial charge is 0.494 e. The van der Waals surface area contributed by atoms with Gasteiger partial charge in [-0.15, -0.1) is 0 Å². The summed E-state index contributed by atoms with van der Waals surface area (Å²) in [6.07, 6.45) is 6.75. The fraction of sp³-hybridized carbons (Fsp3) is 0.654. The first-order chi connectivity index (χ1) is 16.0. The molecule has 0 heterocycles. The number of amides is 1. The van der Waals surface area contributed by atoms with Crippen LogP contribution in [0.4, 0.5) is 4.39 Å². The maximum Gasteiger partial charge on any atom is 0.246 e. The number of carbonyl (C=O) groups excluding carboxylic acids is 2. The average molecular weight is 465 g/mol. The molecule has 1 rings (SSSR count). The summed E-state index contributed by atoms with van der Waals surface area (Å²) in [5, 5.41) is 8.83. The van der Waals surface area contributed by atoms with Gasteiger partial charge in [0.05, 0.1) is 13.3 Å². The summed E-state index contributed by atoms with van der Waals surface area (Å²) in [5.41, 5.74) is 0.737. The van der Waals surface area contributed by atoms with Crippen molar-refractivity contribution >= 4 is 17.4 Å². The quantitative estimate of drug-likeness (QED) is 0.176. The zero-order chi connectivity index (χ0) is 24.3. The number of alkyl halides is 1. The number of rotatable bonds is 19. The summed E-state index contributed by atoms with van der Waals surface area (Å²) in [7, 11) is 0. The Kier molecular flexibility index (Phi) is 16.1. The standard InChI is InChI=1S/C26H41FN2O4/c1-3-18-29(4-2)21-24(28-25(31)12-8-6-5-7-10-19-30)26(32)22-13-15-23(16-14-22)33-20-11-9-17-27/h13-16,30H,3-12,17-21H2,1-2H3. The molecule has 1 aromatic carbocycles. The van der Waals surface area contributed by atoms with E-state index in [1.807, 2.05) is 6.92 Å². The summed E-state index contributed by atoms with van der Waals surface area (Å²) in [4.78, 5) is 32.0. The first kappa shape index (κ1) is 28.9. The molecule has 0 saturated heterocycles. The van der Waals surface area contributed by atoms with E-state index in [1.165, 1.54) is 0 Å². The topological polar surface area (TPSA) is 79.2 Å². The first-order valence-corrected chi connectivity index (χ1v) is 12.3. The minimum absolute atomic E-state index is 0.201. The molecule has 0 aliphatic heterocycles. The Bertz CT molecular complexity index is 707. The van der Waals surface area contributed by atoms with Gasteiger partial charge in [-0.2, -0.15) is 0 Å². The lowest BCUT2D eigenvalue weighted by atomic mass is 10.1. The predicted octanol–water partition coefficient (Wildman–Crippen LogP) is 5.03. The van der Waals surface area contributed by atoms with Crippen LogP contribution in [0, 0.1) is 0 Å². The van der Waals surface area contributed by atoms with Gasteiger partial charge in [-0.25, -0.2) is 4.99 Å². The number of Topliss-reactive ketones (excluding diaryl/α,β-unsaturated/α-hetero) is 1. The lowest BCUT2D eigenvalue weighted by molar-refractivity contribution is -0.117. The van der Waals surface area contributed by atoms with Gasteiger partial charge < -0.3 is 9.84 Å². The molecule has 0 spiro atoms. The van der Waals surface area contributed by atoms with Crippen LogP contribution in [0.25, 0.3) is 0 Å². The fourth-order valence-electron chi connectivity index (χ4n) is 3.42. The number of benzene rings is 1. The van der Waals surface area contributed by atoms with Crippen molar-refractivity contribution in [3.05, 3.63) is 29.8 Å². The van der Waals surface area contributed by atoms with E-state index in [4.69, 9.17) is 9.84 Å². The number of halogens is 1. The van der Waals surface area contributed by atoms with Crippen LogP contribution in [-0.4, -0.2) is 66.9 Å². The van der Waals surface area contributed by atoms with E-state index in [9.17, 15) is 14.0 Å². The zero-order valence-corrected chi connectivity index (χ0v) is 20.4. The van der Waals surface area contributed by atoms with Crippen LogP contribution in [0.15, 0.2) is 29.3 Å². The number of hydrogen-bond acceptors (Lipinski definition) is 5. The molecule has 1 amide bonds. The lowest BCUT2D eigenvalue weighted by Gasteiger charge is -2.20. The second-order valence-corrected chi connectivity index (χ2v) is 8.16. The third-order valence-corrected chi connectivity index (χ3v) is 5.34. The molecule has 186 valence electrons. The van der Waals surface area contributed by atoms with Gasteiger partial charge >= 0.3 is 0 Å². The van der Waals surface area contributed by atoms with Gasteiger partial charge in [0.1, 0.15) is 11.5 Å². The molecule has 0 radical (unpaired) electrons. The highest BCUT2D eigenvalue weighted by Crippen LogP contribution is 2.15. The number of aliphatic imine (C=N–C) groups is 1. The van der Waals surface area contributed by atoms with Gasteiger partial charge in [-0.3, -0.25) is 18.9 Å². The Balaban J connectivity index is 2.82. The van der Waals surface area contributed by atoms with Gasteiger partial charge in [0.2, 0.25) is 11.7 Å². The van der Waals surface area contributed by atoms with E-state index in [0.29, 0.717) is 43.7 Å².